The summed E-state index contributed by atoms with van der Waals surface area (Å²) in [6, 6.07) is 8.66. The molecule has 0 aliphatic rings. The van der Waals surface area contributed by atoms with Gasteiger partial charge >= 0.3 is 0 Å². The molecule has 2 nitrogen and oxygen atoms in total. The highest BCUT2D eigenvalue weighted by Crippen LogP contribution is 2.26. The van der Waals surface area contributed by atoms with E-state index in [0.29, 0.717) is 12.6 Å². The van der Waals surface area contributed by atoms with Gasteiger partial charge in [-0.15, -0.1) is 0 Å². The van der Waals surface area contributed by atoms with Gasteiger partial charge in [-0.05, 0) is 66.9 Å². The van der Waals surface area contributed by atoms with Gasteiger partial charge in [0.05, 0.1) is 6.61 Å². The number of hydrogen-bond donors (Lipinski definition) is 1. The van der Waals surface area contributed by atoms with Crippen molar-refractivity contribution in [2.24, 2.45) is 0 Å². The first-order valence-electron chi connectivity index (χ1n) is 6.22. The molecule has 96 valence electrons. The summed E-state index contributed by atoms with van der Waals surface area (Å²) in [5, 5.41) is 7.82. The average molecular weight is 261 g/mol. The summed E-state index contributed by atoms with van der Waals surface area (Å²) >= 11 is 1.73. The van der Waals surface area contributed by atoms with E-state index in [4.69, 9.17) is 4.74 Å². The van der Waals surface area contributed by atoms with Crippen molar-refractivity contribution >= 4 is 17.0 Å². The standard InChI is InChI=1S/C15H19NOS/c1-4-17-14-5-6-15(11(2)9-14)16-12(3)13-7-8-18-10-13/h5-10,12,16H,4H2,1-3H3. The van der Waals surface area contributed by atoms with E-state index in [-0.39, 0.29) is 0 Å². The summed E-state index contributed by atoms with van der Waals surface area (Å²) < 4.78 is 5.49. The van der Waals surface area contributed by atoms with Gasteiger partial charge < -0.3 is 10.1 Å². The summed E-state index contributed by atoms with van der Waals surface area (Å²) in [5.74, 6) is 0.934. The molecule has 3 heteroatoms. The Kier molecular flexibility index (Phi) is 4.26. The van der Waals surface area contributed by atoms with Gasteiger partial charge in [-0.1, -0.05) is 0 Å². The van der Waals surface area contributed by atoms with Crippen molar-refractivity contribution in [2.75, 3.05) is 11.9 Å². The second-order valence-corrected chi connectivity index (χ2v) is 5.11. The summed E-state index contributed by atoms with van der Waals surface area (Å²) in [4.78, 5) is 0. The highest BCUT2D eigenvalue weighted by molar-refractivity contribution is 7.07. The van der Waals surface area contributed by atoms with Crippen LogP contribution in [0.2, 0.25) is 0 Å². The fourth-order valence-corrected chi connectivity index (χ4v) is 2.65. The van der Waals surface area contributed by atoms with Crippen LogP contribution in [0.15, 0.2) is 35.0 Å². The van der Waals surface area contributed by atoms with E-state index in [1.165, 1.54) is 11.1 Å². The van der Waals surface area contributed by atoms with E-state index in [9.17, 15) is 0 Å². The predicted octanol–water partition coefficient (Wildman–Crippen LogP) is 4.63. The van der Waals surface area contributed by atoms with Gasteiger partial charge in [-0.25, -0.2) is 0 Å². The SMILES string of the molecule is CCOc1ccc(NC(C)c2ccsc2)c(C)c1. The fourth-order valence-electron chi connectivity index (χ4n) is 1.89. The molecule has 0 saturated heterocycles. The monoisotopic (exact) mass is 261 g/mol. The molecule has 0 radical (unpaired) electrons. The van der Waals surface area contributed by atoms with Gasteiger partial charge in [0.1, 0.15) is 5.75 Å². The molecular weight excluding hydrogens is 242 g/mol. The van der Waals surface area contributed by atoms with E-state index in [1.807, 2.05) is 13.0 Å². The van der Waals surface area contributed by atoms with Crippen LogP contribution in [-0.4, -0.2) is 6.61 Å². The number of benzene rings is 1. The Balaban J connectivity index is 2.10. The third kappa shape index (κ3) is 3.05. The van der Waals surface area contributed by atoms with Gasteiger partial charge in [0, 0.05) is 11.7 Å². The predicted molar refractivity (Wildman–Crippen MR) is 78.7 cm³/mol. The van der Waals surface area contributed by atoms with Crippen LogP contribution in [0.5, 0.6) is 5.75 Å². The summed E-state index contributed by atoms with van der Waals surface area (Å²) in [7, 11) is 0. The number of ether oxygens (including phenoxy) is 1. The first-order valence-corrected chi connectivity index (χ1v) is 7.17. The molecule has 1 N–H and O–H groups in total. The Labute approximate surface area is 113 Å². The number of hydrogen-bond acceptors (Lipinski definition) is 3. The third-order valence-corrected chi connectivity index (χ3v) is 3.63. The Morgan fingerprint density at radius 1 is 1.33 bits per heavy atom. The summed E-state index contributed by atoms with van der Waals surface area (Å²) in [5.41, 5.74) is 3.70. The van der Waals surface area contributed by atoms with Crippen molar-refractivity contribution in [2.45, 2.75) is 26.8 Å². The van der Waals surface area contributed by atoms with Crippen molar-refractivity contribution < 1.29 is 4.74 Å². The van der Waals surface area contributed by atoms with Gasteiger partial charge in [-0.2, -0.15) is 11.3 Å². The van der Waals surface area contributed by atoms with Crippen molar-refractivity contribution in [1.82, 2.24) is 0 Å². The second-order valence-electron chi connectivity index (χ2n) is 4.33. The summed E-state index contributed by atoms with van der Waals surface area (Å²) in [6.45, 7) is 6.99. The topological polar surface area (TPSA) is 21.3 Å². The van der Waals surface area contributed by atoms with Gasteiger partial charge in [-0.3, -0.25) is 0 Å². The Hall–Kier alpha value is -1.48. The molecule has 1 unspecified atom stereocenters. The molecule has 1 aromatic carbocycles. The highest BCUT2D eigenvalue weighted by Gasteiger charge is 2.07. The van der Waals surface area contributed by atoms with E-state index in [0.717, 1.165) is 11.4 Å². The van der Waals surface area contributed by atoms with Crippen LogP contribution < -0.4 is 10.1 Å². The molecule has 0 aliphatic heterocycles. The van der Waals surface area contributed by atoms with Gasteiger partial charge in [0.2, 0.25) is 0 Å². The fraction of sp³-hybridized carbons (Fsp3) is 0.333. The van der Waals surface area contributed by atoms with E-state index in [2.05, 4.69) is 48.1 Å². The molecule has 1 aromatic heterocycles. The molecule has 0 fully saturated rings. The molecule has 0 spiro atoms. The molecule has 1 atom stereocenters. The van der Waals surface area contributed by atoms with E-state index < -0.39 is 0 Å². The third-order valence-electron chi connectivity index (χ3n) is 2.92. The smallest absolute Gasteiger partial charge is 0.119 e. The lowest BCUT2D eigenvalue weighted by atomic mass is 10.1. The summed E-state index contributed by atoms with van der Waals surface area (Å²) in [6.07, 6.45) is 0. The van der Waals surface area contributed by atoms with Crippen LogP contribution in [0.1, 0.15) is 31.0 Å². The Morgan fingerprint density at radius 3 is 2.78 bits per heavy atom. The molecule has 0 aliphatic carbocycles. The Morgan fingerprint density at radius 2 is 2.17 bits per heavy atom. The number of aryl methyl sites for hydroxylation is 1. The van der Waals surface area contributed by atoms with Crippen molar-refractivity contribution in [3.8, 4) is 5.75 Å². The highest BCUT2D eigenvalue weighted by atomic mass is 32.1. The maximum atomic E-state index is 5.49. The van der Waals surface area contributed by atoms with Crippen molar-refractivity contribution in [3.05, 3.63) is 46.2 Å². The number of nitrogens with one attached hydrogen (secondary N) is 1. The Bertz CT molecular complexity index is 493. The first kappa shape index (κ1) is 13.0. The molecule has 18 heavy (non-hydrogen) atoms. The number of anilines is 1. The lowest BCUT2D eigenvalue weighted by molar-refractivity contribution is 0.340. The lowest BCUT2D eigenvalue weighted by Crippen LogP contribution is -2.06. The maximum Gasteiger partial charge on any atom is 0.119 e. The molecule has 0 amide bonds. The van der Waals surface area contributed by atoms with Gasteiger partial charge in [0.25, 0.3) is 0 Å². The molecule has 0 saturated carbocycles. The number of rotatable bonds is 5. The van der Waals surface area contributed by atoms with Gasteiger partial charge in [0.15, 0.2) is 0 Å². The van der Waals surface area contributed by atoms with E-state index >= 15 is 0 Å². The number of thiophene rings is 1. The largest absolute Gasteiger partial charge is 0.494 e. The van der Waals surface area contributed by atoms with Crippen LogP contribution in [0.25, 0.3) is 0 Å². The van der Waals surface area contributed by atoms with Crippen molar-refractivity contribution in [1.29, 1.82) is 0 Å². The van der Waals surface area contributed by atoms with Crippen LogP contribution >= 0.6 is 11.3 Å². The lowest BCUT2D eigenvalue weighted by Gasteiger charge is -2.17. The maximum absolute atomic E-state index is 5.49. The zero-order chi connectivity index (χ0) is 13.0. The average Bonchev–Trinajstić information content (AvgIpc) is 2.86. The minimum Gasteiger partial charge on any atom is -0.494 e. The zero-order valence-electron chi connectivity index (χ0n) is 11.1. The second kappa shape index (κ2) is 5.91. The van der Waals surface area contributed by atoms with Crippen LogP contribution in [0.4, 0.5) is 5.69 Å². The van der Waals surface area contributed by atoms with Crippen LogP contribution in [0, 0.1) is 6.92 Å². The first-order chi connectivity index (χ1) is 8.70. The molecule has 2 aromatic rings. The zero-order valence-corrected chi connectivity index (χ0v) is 11.9. The minimum atomic E-state index is 0.327. The molecule has 0 bridgehead atoms. The molecule has 1 heterocycles. The normalized spacial score (nSPS) is 12.2. The minimum absolute atomic E-state index is 0.327. The molecular formula is C15H19NOS. The quantitative estimate of drug-likeness (QED) is 0.847. The van der Waals surface area contributed by atoms with E-state index in [1.54, 1.807) is 11.3 Å². The van der Waals surface area contributed by atoms with Crippen LogP contribution in [0.3, 0.4) is 0 Å². The molecule has 2 rings (SSSR count). The van der Waals surface area contributed by atoms with Crippen LogP contribution in [-0.2, 0) is 0 Å². The van der Waals surface area contributed by atoms with Crippen molar-refractivity contribution in [3.63, 3.8) is 0 Å².